The molecule has 11 heteroatoms. The minimum atomic E-state index is -4.49. The number of nitrogens with zero attached hydrogens (tertiary/aromatic N) is 2. The van der Waals surface area contributed by atoms with Crippen LogP contribution < -0.4 is 0 Å². The maximum atomic E-state index is 13.0. The summed E-state index contributed by atoms with van der Waals surface area (Å²) in [4.78, 5) is 21.9. The van der Waals surface area contributed by atoms with Crippen molar-refractivity contribution in [3.63, 3.8) is 0 Å². The minimum absolute atomic E-state index is 0.00358. The SMILES string of the molecule is CCOC(=O)c1cc(COC)cn1S(=O)(=O)c1cc(Cl)ccc1[N+](=O)[O-]. The summed E-state index contributed by atoms with van der Waals surface area (Å²) in [5.41, 5.74) is -0.580. The van der Waals surface area contributed by atoms with Gasteiger partial charge in [-0.25, -0.2) is 17.2 Å². The van der Waals surface area contributed by atoms with E-state index < -0.39 is 31.5 Å². The normalized spacial score (nSPS) is 11.3. The van der Waals surface area contributed by atoms with Crippen LogP contribution in [0.3, 0.4) is 0 Å². The summed E-state index contributed by atoms with van der Waals surface area (Å²) in [5.74, 6) is -0.886. The van der Waals surface area contributed by atoms with Gasteiger partial charge in [0.2, 0.25) is 0 Å². The number of ether oxygens (including phenoxy) is 2. The molecule has 0 unspecified atom stereocenters. The standard InChI is InChI=1S/C15H15ClN2O7S/c1-3-25-15(19)13-6-10(9-24-2)8-17(13)26(22,23)14-7-11(16)4-5-12(14)18(20)21/h4-8H,3,9H2,1-2H3. The van der Waals surface area contributed by atoms with Crippen LogP contribution in [0.5, 0.6) is 0 Å². The number of nitro benzene ring substituents is 1. The van der Waals surface area contributed by atoms with E-state index in [2.05, 4.69) is 0 Å². The van der Waals surface area contributed by atoms with Crippen LogP contribution in [0.1, 0.15) is 23.0 Å². The number of benzene rings is 1. The lowest BCUT2D eigenvalue weighted by Gasteiger charge is -2.10. The van der Waals surface area contributed by atoms with Gasteiger partial charge in [-0.3, -0.25) is 10.1 Å². The second kappa shape index (κ2) is 7.85. The minimum Gasteiger partial charge on any atom is -0.461 e. The molecule has 2 aromatic rings. The molecular weight excluding hydrogens is 388 g/mol. The van der Waals surface area contributed by atoms with Crippen molar-refractivity contribution < 1.29 is 27.6 Å². The van der Waals surface area contributed by atoms with Crippen LogP contribution in [-0.2, 0) is 26.1 Å². The Bertz CT molecular complexity index is 953. The number of hydrogen-bond donors (Lipinski definition) is 0. The topological polar surface area (TPSA) is 118 Å². The van der Waals surface area contributed by atoms with Crippen molar-refractivity contribution in [3.8, 4) is 0 Å². The first kappa shape index (κ1) is 19.9. The maximum absolute atomic E-state index is 13.0. The van der Waals surface area contributed by atoms with Gasteiger partial charge in [0.05, 0.1) is 18.1 Å². The Hall–Kier alpha value is -2.43. The molecule has 0 spiro atoms. The van der Waals surface area contributed by atoms with Crippen LogP contribution in [-0.4, -0.2) is 37.0 Å². The molecule has 0 aliphatic heterocycles. The molecule has 0 aliphatic carbocycles. The summed E-state index contributed by atoms with van der Waals surface area (Å²) in [7, 11) is -3.09. The lowest BCUT2D eigenvalue weighted by Crippen LogP contribution is -2.20. The van der Waals surface area contributed by atoms with Gasteiger partial charge in [0.15, 0.2) is 4.90 Å². The highest BCUT2D eigenvalue weighted by Gasteiger charge is 2.31. The van der Waals surface area contributed by atoms with E-state index in [0.717, 1.165) is 18.3 Å². The number of nitro groups is 1. The first-order valence-electron chi connectivity index (χ1n) is 7.29. The highest BCUT2D eigenvalue weighted by molar-refractivity contribution is 7.90. The highest BCUT2D eigenvalue weighted by Crippen LogP contribution is 2.30. The van der Waals surface area contributed by atoms with Gasteiger partial charge >= 0.3 is 5.97 Å². The Kier molecular flexibility index (Phi) is 6.01. The number of methoxy groups -OCH3 is 1. The molecule has 0 saturated carbocycles. The van der Waals surface area contributed by atoms with Gasteiger partial charge in [-0.1, -0.05) is 11.6 Å². The first-order valence-corrected chi connectivity index (χ1v) is 9.11. The van der Waals surface area contributed by atoms with Gasteiger partial charge in [-0.15, -0.1) is 0 Å². The molecular formula is C15H15ClN2O7S. The van der Waals surface area contributed by atoms with E-state index in [4.69, 9.17) is 21.1 Å². The van der Waals surface area contributed by atoms with Gasteiger partial charge < -0.3 is 9.47 Å². The van der Waals surface area contributed by atoms with Crippen molar-refractivity contribution in [2.75, 3.05) is 13.7 Å². The fraction of sp³-hybridized carbons (Fsp3) is 0.267. The van der Waals surface area contributed by atoms with Crippen molar-refractivity contribution in [2.45, 2.75) is 18.4 Å². The molecule has 0 N–H and O–H groups in total. The van der Waals surface area contributed by atoms with Crippen molar-refractivity contribution in [1.82, 2.24) is 3.97 Å². The highest BCUT2D eigenvalue weighted by atomic mass is 35.5. The Morgan fingerprint density at radius 1 is 1.35 bits per heavy atom. The lowest BCUT2D eigenvalue weighted by atomic mass is 10.3. The fourth-order valence-electron chi connectivity index (χ4n) is 2.25. The predicted molar refractivity (Wildman–Crippen MR) is 91.8 cm³/mol. The van der Waals surface area contributed by atoms with E-state index in [1.54, 1.807) is 6.92 Å². The average Bonchev–Trinajstić information content (AvgIpc) is 3.00. The summed E-state index contributed by atoms with van der Waals surface area (Å²) < 4.78 is 36.5. The second-order valence-electron chi connectivity index (χ2n) is 5.06. The third-order valence-corrected chi connectivity index (χ3v) is 5.23. The number of rotatable bonds is 7. The van der Waals surface area contributed by atoms with Crippen LogP contribution >= 0.6 is 11.6 Å². The zero-order valence-electron chi connectivity index (χ0n) is 13.8. The maximum Gasteiger partial charge on any atom is 0.356 e. The number of hydrogen-bond acceptors (Lipinski definition) is 7. The monoisotopic (exact) mass is 402 g/mol. The van der Waals surface area contributed by atoms with Gasteiger partial charge in [0.1, 0.15) is 5.69 Å². The Balaban J connectivity index is 2.72. The molecule has 0 bridgehead atoms. The van der Waals surface area contributed by atoms with Crippen molar-refractivity contribution in [2.24, 2.45) is 0 Å². The average molecular weight is 403 g/mol. The van der Waals surface area contributed by atoms with Crippen LogP contribution in [0.2, 0.25) is 5.02 Å². The van der Waals surface area contributed by atoms with Crippen molar-refractivity contribution >= 4 is 33.3 Å². The molecule has 0 fully saturated rings. The molecule has 0 amide bonds. The van der Waals surface area contributed by atoms with Gasteiger partial charge in [0.25, 0.3) is 15.7 Å². The molecule has 9 nitrogen and oxygen atoms in total. The number of carbonyl (C=O) groups excluding carboxylic acids is 1. The van der Waals surface area contributed by atoms with Crippen LogP contribution in [0.4, 0.5) is 5.69 Å². The Morgan fingerprint density at radius 2 is 2.04 bits per heavy atom. The fourth-order valence-corrected chi connectivity index (χ4v) is 4.04. The van der Waals surface area contributed by atoms with Gasteiger partial charge in [-0.05, 0) is 30.7 Å². The van der Waals surface area contributed by atoms with E-state index in [-0.39, 0.29) is 23.9 Å². The molecule has 1 aromatic heterocycles. The summed E-state index contributed by atoms with van der Waals surface area (Å²) >= 11 is 5.81. The van der Waals surface area contributed by atoms with E-state index in [9.17, 15) is 23.3 Å². The molecule has 0 aliphatic rings. The summed E-state index contributed by atoms with van der Waals surface area (Å²) in [5, 5.41) is 11.2. The molecule has 1 aromatic carbocycles. The molecule has 1 heterocycles. The van der Waals surface area contributed by atoms with Crippen LogP contribution in [0.25, 0.3) is 0 Å². The third-order valence-electron chi connectivity index (χ3n) is 3.29. The van der Waals surface area contributed by atoms with E-state index >= 15 is 0 Å². The van der Waals surface area contributed by atoms with E-state index in [0.29, 0.717) is 9.54 Å². The van der Waals surface area contributed by atoms with Gasteiger partial charge in [-0.2, -0.15) is 0 Å². The molecule has 0 saturated heterocycles. The Labute approximate surface area is 154 Å². The number of halogens is 1. The number of aromatic nitrogens is 1. The van der Waals surface area contributed by atoms with Crippen LogP contribution in [0.15, 0.2) is 35.4 Å². The predicted octanol–water partition coefficient (Wildman–Crippen LogP) is 2.61. The summed E-state index contributed by atoms with van der Waals surface area (Å²) in [6.07, 6.45) is 1.15. The molecule has 26 heavy (non-hydrogen) atoms. The van der Waals surface area contributed by atoms with E-state index in [1.165, 1.54) is 19.2 Å². The summed E-state index contributed by atoms with van der Waals surface area (Å²) in [6.45, 7) is 1.63. The number of esters is 1. The van der Waals surface area contributed by atoms with Crippen molar-refractivity contribution in [3.05, 3.63) is 56.9 Å². The molecule has 0 atom stereocenters. The summed E-state index contributed by atoms with van der Waals surface area (Å²) in [6, 6.07) is 4.44. The molecule has 140 valence electrons. The lowest BCUT2D eigenvalue weighted by molar-refractivity contribution is -0.387. The Morgan fingerprint density at radius 3 is 2.62 bits per heavy atom. The number of carbonyl (C=O) groups is 1. The third kappa shape index (κ3) is 3.87. The largest absolute Gasteiger partial charge is 0.461 e. The van der Waals surface area contributed by atoms with E-state index in [1.807, 2.05) is 0 Å². The first-order chi connectivity index (χ1) is 12.2. The van der Waals surface area contributed by atoms with Crippen LogP contribution in [0, 0.1) is 10.1 Å². The van der Waals surface area contributed by atoms with Gasteiger partial charge in [0, 0.05) is 24.4 Å². The second-order valence-corrected chi connectivity index (χ2v) is 7.28. The van der Waals surface area contributed by atoms with Crippen molar-refractivity contribution in [1.29, 1.82) is 0 Å². The smallest absolute Gasteiger partial charge is 0.356 e. The molecule has 2 rings (SSSR count). The molecule has 0 radical (unpaired) electrons. The zero-order chi connectivity index (χ0) is 19.5. The zero-order valence-corrected chi connectivity index (χ0v) is 15.4. The quantitative estimate of drug-likeness (QED) is 0.396.